The van der Waals surface area contributed by atoms with Gasteiger partial charge in [0.25, 0.3) is 0 Å². The number of carbonyl (C=O) groups excluding carboxylic acids is 1. The van der Waals surface area contributed by atoms with Crippen LogP contribution in [-0.4, -0.2) is 26.1 Å². The van der Waals surface area contributed by atoms with Crippen molar-refractivity contribution in [2.75, 3.05) is 6.61 Å². The van der Waals surface area contributed by atoms with Crippen molar-refractivity contribution in [1.29, 1.82) is 0 Å². The molecular weight excluding hydrogens is 203 g/mol. The summed E-state index contributed by atoms with van der Waals surface area (Å²) in [6.45, 7) is 1.90. The van der Waals surface area contributed by atoms with Crippen molar-refractivity contribution in [3.05, 3.63) is 0 Å². The molecule has 6 heteroatoms. The second-order valence-electron chi connectivity index (χ2n) is 2.80. The van der Waals surface area contributed by atoms with Gasteiger partial charge in [-0.3, -0.25) is 9.00 Å². The summed E-state index contributed by atoms with van der Waals surface area (Å²) in [5.74, 6) is -0.593. The van der Waals surface area contributed by atoms with Gasteiger partial charge in [-0.2, -0.15) is 0 Å². The fourth-order valence-electron chi connectivity index (χ4n) is 1.20. The Morgan fingerprint density at radius 1 is 1.62 bits per heavy atom. The predicted octanol–water partition coefficient (Wildman–Crippen LogP) is -2.64. The van der Waals surface area contributed by atoms with E-state index in [0.717, 1.165) is 6.42 Å². The Kier molecular flexibility index (Phi) is 5.70. The van der Waals surface area contributed by atoms with Crippen molar-refractivity contribution < 1.29 is 47.9 Å². The summed E-state index contributed by atoms with van der Waals surface area (Å²) in [5, 5.41) is 0. The van der Waals surface area contributed by atoms with Crippen molar-refractivity contribution in [3.8, 4) is 0 Å². The maximum Gasteiger partial charge on any atom is 1.00 e. The molecule has 1 rings (SSSR count). The normalized spacial score (nSPS) is 20.8. The average molecular weight is 214 g/mol. The number of ether oxygens (including phenoxy) is 1. The average Bonchev–Trinajstić information content (AvgIpc) is 1.83. The molecule has 0 radical (unpaired) electrons. The molecule has 0 bridgehead atoms. The monoisotopic (exact) mass is 214 g/mol. The third kappa shape index (κ3) is 2.53. The Morgan fingerprint density at radius 2 is 2.15 bits per heavy atom. The summed E-state index contributed by atoms with van der Waals surface area (Å²) in [7, 11) is 0. The van der Waals surface area contributed by atoms with Gasteiger partial charge >= 0.3 is 35.5 Å². The van der Waals surface area contributed by atoms with Gasteiger partial charge in [0.15, 0.2) is 0 Å². The van der Waals surface area contributed by atoms with E-state index in [2.05, 4.69) is 4.74 Å². The third-order valence-electron chi connectivity index (χ3n) is 2.13. The molecule has 0 N–H and O–H groups in total. The summed E-state index contributed by atoms with van der Waals surface area (Å²) < 4.78 is 24.9. The molecule has 0 saturated heterocycles. The van der Waals surface area contributed by atoms with E-state index in [1.165, 1.54) is 0 Å². The molecule has 70 valence electrons. The first-order chi connectivity index (χ1) is 5.63. The van der Waals surface area contributed by atoms with E-state index >= 15 is 0 Å². The summed E-state index contributed by atoms with van der Waals surface area (Å²) in [6, 6.07) is 0. The van der Waals surface area contributed by atoms with Crippen LogP contribution in [0.15, 0.2) is 0 Å². The van der Waals surface area contributed by atoms with E-state index in [-0.39, 0.29) is 36.2 Å². The van der Waals surface area contributed by atoms with E-state index in [9.17, 15) is 13.6 Å². The summed E-state index contributed by atoms with van der Waals surface area (Å²) >= 11 is -2.34. The molecule has 1 aliphatic rings. The Hall–Kier alpha value is 0.580. The number of carbonyl (C=O) groups is 1. The third-order valence-corrected chi connectivity index (χ3v) is 3.34. The molecule has 13 heavy (non-hydrogen) atoms. The molecule has 4 nitrogen and oxygen atoms in total. The first-order valence-corrected chi connectivity index (χ1v) is 4.97. The smallest absolute Gasteiger partial charge is 0.771 e. The van der Waals surface area contributed by atoms with Gasteiger partial charge in [-0.25, -0.2) is 0 Å². The molecule has 0 amide bonds. The molecule has 1 saturated carbocycles. The molecule has 0 aromatic heterocycles. The number of hydrogen-bond acceptors (Lipinski definition) is 4. The maximum absolute atomic E-state index is 11.2. The maximum atomic E-state index is 11.2. The molecule has 0 heterocycles. The van der Waals surface area contributed by atoms with Crippen LogP contribution in [0.4, 0.5) is 0 Å². The first kappa shape index (κ1) is 13.6. The van der Waals surface area contributed by atoms with Crippen LogP contribution in [-0.2, 0) is 20.6 Å². The topological polar surface area (TPSA) is 66.4 Å². The Balaban J connectivity index is 0.00000144. The molecule has 1 atom stereocenters. The van der Waals surface area contributed by atoms with E-state index in [1.807, 2.05) is 0 Å². The molecule has 0 aromatic carbocycles. The molecule has 1 aliphatic carbocycles. The minimum absolute atomic E-state index is 0. The fourth-order valence-corrected chi connectivity index (χ4v) is 2.02. The number of esters is 1. The second kappa shape index (κ2) is 5.46. The van der Waals surface area contributed by atoms with Crippen molar-refractivity contribution in [3.63, 3.8) is 0 Å². The van der Waals surface area contributed by atoms with Gasteiger partial charge in [0.2, 0.25) is 0 Å². The van der Waals surface area contributed by atoms with E-state index in [4.69, 9.17) is 0 Å². The van der Waals surface area contributed by atoms with Gasteiger partial charge in [0.1, 0.15) is 4.75 Å². The largest absolute Gasteiger partial charge is 1.00 e. The van der Waals surface area contributed by atoms with Gasteiger partial charge in [0, 0.05) is 0 Å². The molecular formula is C7H11NaO4S. The fraction of sp³-hybridized carbons (Fsp3) is 0.857. The van der Waals surface area contributed by atoms with Crippen LogP contribution < -0.4 is 29.6 Å². The van der Waals surface area contributed by atoms with Crippen LogP contribution in [0.25, 0.3) is 0 Å². The zero-order valence-electron chi connectivity index (χ0n) is 7.87. The summed E-state index contributed by atoms with van der Waals surface area (Å²) in [6.07, 6.45) is 1.59. The van der Waals surface area contributed by atoms with Gasteiger partial charge < -0.3 is 9.29 Å². The van der Waals surface area contributed by atoms with Crippen LogP contribution in [0, 0.1) is 0 Å². The van der Waals surface area contributed by atoms with Crippen LogP contribution >= 0.6 is 0 Å². The van der Waals surface area contributed by atoms with E-state index in [1.54, 1.807) is 6.92 Å². The molecule has 0 spiro atoms. The SMILES string of the molecule is CCOC(=O)C1(S(=O)[O-])CCC1.[Na+]. The molecule has 0 aliphatic heterocycles. The van der Waals surface area contributed by atoms with Crippen molar-refractivity contribution in [2.24, 2.45) is 0 Å². The molecule has 0 aromatic rings. The number of rotatable bonds is 3. The Labute approximate surface area is 102 Å². The van der Waals surface area contributed by atoms with E-state index in [0.29, 0.717) is 12.8 Å². The molecule has 1 unspecified atom stereocenters. The minimum atomic E-state index is -2.34. The number of hydrogen-bond donors (Lipinski definition) is 0. The minimum Gasteiger partial charge on any atom is -0.771 e. The Morgan fingerprint density at radius 3 is 2.38 bits per heavy atom. The predicted molar refractivity (Wildman–Crippen MR) is 42.1 cm³/mol. The van der Waals surface area contributed by atoms with Crippen LogP contribution in [0.3, 0.4) is 0 Å². The van der Waals surface area contributed by atoms with Gasteiger partial charge in [-0.15, -0.1) is 0 Å². The van der Waals surface area contributed by atoms with Gasteiger partial charge in [-0.05, 0) is 37.3 Å². The zero-order valence-corrected chi connectivity index (χ0v) is 10.7. The van der Waals surface area contributed by atoms with Crippen LogP contribution in [0.1, 0.15) is 26.2 Å². The van der Waals surface area contributed by atoms with Gasteiger partial charge in [-0.1, -0.05) is 0 Å². The zero-order chi connectivity index (χ0) is 9.19. The summed E-state index contributed by atoms with van der Waals surface area (Å²) in [5.41, 5.74) is 0. The van der Waals surface area contributed by atoms with E-state index < -0.39 is 21.8 Å². The Bertz CT molecular complexity index is 215. The van der Waals surface area contributed by atoms with Crippen molar-refractivity contribution in [1.82, 2.24) is 0 Å². The quantitative estimate of drug-likeness (QED) is 0.292. The summed E-state index contributed by atoms with van der Waals surface area (Å²) in [4.78, 5) is 11.2. The molecule has 1 fully saturated rings. The van der Waals surface area contributed by atoms with Crippen LogP contribution in [0.5, 0.6) is 0 Å². The second-order valence-corrected chi connectivity index (χ2v) is 4.05. The van der Waals surface area contributed by atoms with Gasteiger partial charge in [0.05, 0.1) is 6.61 Å². The van der Waals surface area contributed by atoms with Crippen molar-refractivity contribution in [2.45, 2.75) is 30.9 Å². The van der Waals surface area contributed by atoms with Crippen LogP contribution in [0.2, 0.25) is 0 Å². The first-order valence-electron chi connectivity index (χ1n) is 3.90. The van der Waals surface area contributed by atoms with Crippen molar-refractivity contribution >= 4 is 17.0 Å². The standard InChI is InChI=1S/C7H12O4S.Na/c1-2-11-6(8)7(12(9)10)4-3-5-7;/h2-5H2,1H3,(H,9,10);/q;+1/p-1.